The van der Waals surface area contributed by atoms with Crippen LogP contribution in [-0.4, -0.2) is 15.0 Å². The summed E-state index contributed by atoms with van der Waals surface area (Å²) < 4.78 is 12.7. The van der Waals surface area contributed by atoms with Crippen LogP contribution in [0.4, 0.5) is 0 Å². The van der Waals surface area contributed by atoms with Crippen LogP contribution in [0, 0.1) is 0 Å². The minimum Gasteiger partial charge on any atom is -0.456 e. The zero-order valence-electron chi connectivity index (χ0n) is 29.9. The van der Waals surface area contributed by atoms with Crippen LogP contribution in [0.25, 0.3) is 121 Å². The normalized spacial score (nSPS) is 11.9. The third-order valence-electron chi connectivity index (χ3n) is 11.1. The Kier molecular flexibility index (Phi) is 6.56. The number of hydrogen-bond donors (Lipinski definition) is 0. The number of para-hydroxylation sites is 2. The second-order valence-electron chi connectivity index (χ2n) is 14.3. The lowest BCUT2D eigenvalue weighted by Gasteiger charge is -2.15. The molecule has 56 heavy (non-hydrogen) atoms. The number of rotatable bonds is 4. The predicted molar refractivity (Wildman–Crippen MR) is 229 cm³/mol. The lowest BCUT2D eigenvalue weighted by Crippen LogP contribution is -2.01. The van der Waals surface area contributed by atoms with E-state index in [1.54, 1.807) is 0 Å². The van der Waals surface area contributed by atoms with E-state index in [1.165, 1.54) is 32.3 Å². The minimum atomic E-state index is 0.567. The molecule has 0 N–H and O–H groups in total. The van der Waals surface area contributed by atoms with E-state index in [2.05, 4.69) is 115 Å². The largest absolute Gasteiger partial charge is 0.456 e. The highest BCUT2D eigenvalue weighted by Crippen LogP contribution is 2.42. The Bertz CT molecular complexity index is 3430. The highest BCUT2D eigenvalue weighted by Gasteiger charge is 2.22. The molecule has 0 fully saturated rings. The standard InChI is InChI=1S/C51H29N3O2/c1-2-13-32-30(12-1)26-27-31-28-29-35-33(18-9-19-36(35)46(31)32)34-14-3-4-15-37(34)49-52-50(40-20-10-24-44-47(40)38-16-5-7-22-42(38)55-44)54-51(53-49)41-21-11-25-45-48(41)39-17-6-8-23-43(39)56-45/h1-29H. The molecule has 0 amide bonds. The van der Waals surface area contributed by atoms with Crippen LogP contribution in [-0.2, 0) is 0 Å². The zero-order chi connectivity index (χ0) is 36.7. The predicted octanol–water partition coefficient (Wildman–Crippen LogP) is 13.8. The summed E-state index contributed by atoms with van der Waals surface area (Å²) in [5, 5.41) is 11.3. The van der Waals surface area contributed by atoms with E-state index in [4.69, 9.17) is 23.8 Å². The summed E-state index contributed by atoms with van der Waals surface area (Å²) >= 11 is 0. The second kappa shape index (κ2) is 11.9. The number of fused-ring (bicyclic) bond motifs is 11. The highest BCUT2D eigenvalue weighted by atomic mass is 16.3. The SMILES string of the molecule is c1ccc(-c2cccc3c2ccc2ccc4ccccc4c23)c(-c2nc(-c3cccc4oc5ccccc5c34)nc(-c3cccc4oc5ccccc5c34)n2)c1. The molecule has 0 saturated carbocycles. The molecule has 0 aliphatic heterocycles. The van der Waals surface area contributed by atoms with E-state index >= 15 is 0 Å². The van der Waals surface area contributed by atoms with E-state index in [0.29, 0.717) is 17.5 Å². The summed E-state index contributed by atoms with van der Waals surface area (Å²) in [4.78, 5) is 16.0. The van der Waals surface area contributed by atoms with Gasteiger partial charge in [-0.1, -0.05) is 152 Å². The minimum absolute atomic E-state index is 0.567. The number of hydrogen-bond acceptors (Lipinski definition) is 5. The molecule has 12 rings (SSSR count). The zero-order valence-corrected chi connectivity index (χ0v) is 29.9. The first-order chi connectivity index (χ1) is 27.8. The van der Waals surface area contributed by atoms with Crippen molar-refractivity contribution in [2.24, 2.45) is 0 Å². The van der Waals surface area contributed by atoms with E-state index in [9.17, 15) is 0 Å². The molecule has 260 valence electrons. The van der Waals surface area contributed by atoms with E-state index < -0.39 is 0 Å². The molecule has 3 heterocycles. The van der Waals surface area contributed by atoms with Crippen molar-refractivity contribution < 1.29 is 8.83 Å². The first-order valence-electron chi connectivity index (χ1n) is 18.8. The van der Waals surface area contributed by atoms with Gasteiger partial charge >= 0.3 is 0 Å². The van der Waals surface area contributed by atoms with Crippen molar-refractivity contribution in [3.63, 3.8) is 0 Å². The van der Waals surface area contributed by atoms with E-state index in [-0.39, 0.29) is 0 Å². The Hall–Kier alpha value is -7.63. The molecule has 0 spiro atoms. The Morgan fingerprint density at radius 2 is 0.696 bits per heavy atom. The molecule has 12 aromatic rings. The third-order valence-corrected chi connectivity index (χ3v) is 11.1. The van der Waals surface area contributed by atoms with Gasteiger partial charge in [0, 0.05) is 38.2 Å². The van der Waals surface area contributed by atoms with Crippen LogP contribution in [0.5, 0.6) is 0 Å². The molecular formula is C51H29N3O2. The van der Waals surface area contributed by atoms with Crippen molar-refractivity contribution in [2.75, 3.05) is 0 Å². The maximum Gasteiger partial charge on any atom is 0.164 e. The average molecular weight is 716 g/mol. The Balaban J connectivity index is 1.15. The number of benzene rings is 9. The molecular weight excluding hydrogens is 687 g/mol. The summed E-state index contributed by atoms with van der Waals surface area (Å²) in [6.07, 6.45) is 0. The quantitative estimate of drug-likeness (QED) is 0.170. The molecule has 0 aliphatic rings. The lowest BCUT2D eigenvalue weighted by atomic mass is 9.90. The number of aromatic nitrogens is 3. The molecule has 0 radical (unpaired) electrons. The van der Waals surface area contributed by atoms with Gasteiger partial charge in [0.1, 0.15) is 22.3 Å². The fourth-order valence-corrected chi connectivity index (χ4v) is 8.67. The first-order valence-corrected chi connectivity index (χ1v) is 18.8. The first kappa shape index (κ1) is 30.8. The monoisotopic (exact) mass is 715 g/mol. The average Bonchev–Trinajstić information content (AvgIpc) is 3.84. The molecule has 0 atom stereocenters. The Morgan fingerprint density at radius 3 is 1.38 bits per heavy atom. The fraction of sp³-hybridized carbons (Fsp3) is 0. The van der Waals surface area contributed by atoms with Gasteiger partial charge in [-0.25, -0.2) is 15.0 Å². The number of furan rings is 2. The van der Waals surface area contributed by atoms with E-state index in [1.807, 2.05) is 60.7 Å². The lowest BCUT2D eigenvalue weighted by molar-refractivity contribution is 0.668. The van der Waals surface area contributed by atoms with Crippen LogP contribution < -0.4 is 0 Å². The highest BCUT2D eigenvalue weighted by molar-refractivity contribution is 6.22. The summed E-state index contributed by atoms with van der Waals surface area (Å²) in [7, 11) is 0. The van der Waals surface area contributed by atoms with Gasteiger partial charge in [0.15, 0.2) is 17.5 Å². The van der Waals surface area contributed by atoms with Crippen molar-refractivity contribution in [3.05, 3.63) is 176 Å². The molecule has 0 bridgehead atoms. The van der Waals surface area contributed by atoms with Gasteiger partial charge in [0.25, 0.3) is 0 Å². The Morgan fingerprint density at radius 1 is 0.250 bits per heavy atom. The van der Waals surface area contributed by atoms with Gasteiger partial charge in [-0.05, 0) is 67.7 Å². The van der Waals surface area contributed by atoms with Gasteiger partial charge in [0.05, 0.1) is 0 Å². The van der Waals surface area contributed by atoms with Gasteiger partial charge in [-0.15, -0.1) is 0 Å². The van der Waals surface area contributed by atoms with Gasteiger partial charge in [-0.3, -0.25) is 0 Å². The van der Waals surface area contributed by atoms with Crippen molar-refractivity contribution in [3.8, 4) is 45.3 Å². The van der Waals surface area contributed by atoms with Crippen LogP contribution in [0.15, 0.2) is 185 Å². The van der Waals surface area contributed by atoms with E-state index in [0.717, 1.165) is 71.7 Å². The van der Waals surface area contributed by atoms with Crippen LogP contribution in [0.2, 0.25) is 0 Å². The van der Waals surface area contributed by atoms with Crippen LogP contribution in [0.3, 0.4) is 0 Å². The van der Waals surface area contributed by atoms with Gasteiger partial charge in [-0.2, -0.15) is 0 Å². The molecule has 0 unspecified atom stereocenters. The van der Waals surface area contributed by atoms with Gasteiger partial charge < -0.3 is 8.83 Å². The maximum absolute atomic E-state index is 6.33. The Labute approximate surface area is 320 Å². The summed E-state index contributed by atoms with van der Waals surface area (Å²) in [6.45, 7) is 0. The third kappa shape index (κ3) is 4.58. The topological polar surface area (TPSA) is 65.0 Å². The van der Waals surface area contributed by atoms with Crippen molar-refractivity contribution in [1.29, 1.82) is 0 Å². The summed E-state index contributed by atoms with van der Waals surface area (Å²) in [5.74, 6) is 1.72. The van der Waals surface area contributed by atoms with Crippen LogP contribution in [0.1, 0.15) is 0 Å². The molecule has 5 nitrogen and oxygen atoms in total. The summed E-state index contributed by atoms with van der Waals surface area (Å²) in [5.41, 5.74) is 8.03. The van der Waals surface area contributed by atoms with Crippen molar-refractivity contribution in [2.45, 2.75) is 0 Å². The smallest absolute Gasteiger partial charge is 0.164 e. The molecule has 3 aromatic heterocycles. The van der Waals surface area contributed by atoms with Gasteiger partial charge in [0.2, 0.25) is 0 Å². The van der Waals surface area contributed by atoms with Crippen molar-refractivity contribution in [1.82, 2.24) is 15.0 Å². The molecule has 9 aromatic carbocycles. The number of nitrogens with zero attached hydrogens (tertiary/aromatic N) is 3. The molecule has 0 saturated heterocycles. The summed E-state index contributed by atoms with van der Waals surface area (Å²) in [6, 6.07) is 61.0. The fourth-order valence-electron chi connectivity index (χ4n) is 8.67. The van der Waals surface area contributed by atoms with Crippen molar-refractivity contribution >= 4 is 76.2 Å². The van der Waals surface area contributed by atoms with Crippen LogP contribution >= 0.6 is 0 Å². The molecule has 5 heteroatoms. The second-order valence-corrected chi connectivity index (χ2v) is 14.3. The molecule has 0 aliphatic carbocycles. The maximum atomic E-state index is 6.33.